The second-order valence-electron chi connectivity index (χ2n) is 6.85. The molecule has 0 radical (unpaired) electrons. The van der Waals surface area contributed by atoms with Crippen molar-refractivity contribution in [3.05, 3.63) is 46.8 Å². The van der Waals surface area contributed by atoms with Gasteiger partial charge in [0.25, 0.3) is 5.91 Å². The van der Waals surface area contributed by atoms with Gasteiger partial charge in [0.2, 0.25) is 0 Å². The summed E-state index contributed by atoms with van der Waals surface area (Å²) in [4.78, 5) is 17.0. The number of carbonyl (C=O) groups is 1. The number of para-hydroxylation sites is 1. The fourth-order valence-electron chi connectivity index (χ4n) is 3.67. The minimum atomic E-state index is -0.0389. The van der Waals surface area contributed by atoms with Crippen LogP contribution in [0.3, 0.4) is 0 Å². The van der Waals surface area contributed by atoms with Gasteiger partial charge in [-0.25, -0.2) is 0 Å². The van der Waals surface area contributed by atoms with E-state index in [4.69, 9.17) is 4.74 Å². The zero-order valence-electron chi connectivity index (χ0n) is 15.9. The van der Waals surface area contributed by atoms with Crippen molar-refractivity contribution in [2.75, 3.05) is 44.8 Å². The van der Waals surface area contributed by atoms with Crippen LogP contribution in [0, 0.1) is 0 Å². The Morgan fingerprint density at radius 3 is 2.79 bits per heavy atom. The maximum atomic E-state index is 13.0. The highest BCUT2D eigenvalue weighted by atomic mass is 35.5. The average molecular weight is 428 g/mol. The van der Waals surface area contributed by atoms with E-state index in [1.54, 1.807) is 4.90 Å². The lowest BCUT2D eigenvalue weighted by Gasteiger charge is -2.31. The molecular weight excluding hydrogens is 401 g/mol. The Hall–Kier alpha value is -1.80. The molecular formula is C19H27Cl2N5O2. The van der Waals surface area contributed by atoms with Gasteiger partial charge in [0.15, 0.2) is 5.69 Å². The van der Waals surface area contributed by atoms with Gasteiger partial charge >= 0.3 is 0 Å². The van der Waals surface area contributed by atoms with Gasteiger partial charge in [-0.3, -0.25) is 9.89 Å². The number of halogens is 2. The minimum Gasteiger partial charge on any atom is -0.378 e. The van der Waals surface area contributed by atoms with E-state index in [2.05, 4.69) is 32.5 Å². The fraction of sp³-hybridized carbons (Fsp3) is 0.474. The molecule has 7 nitrogen and oxygen atoms in total. The molecule has 0 spiro atoms. The minimum absolute atomic E-state index is 0. The molecule has 1 aromatic heterocycles. The number of hydrogen-bond acceptors (Lipinski definition) is 5. The highest BCUT2D eigenvalue weighted by Crippen LogP contribution is 2.24. The summed E-state index contributed by atoms with van der Waals surface area (Å²) >= 11 is 0. The first kappa shape index (κ1) is 22.5. The zero-order chi connectivity index (χ0) is 17.9. The molecule has 2 N–H and O–H groups in total. The SMILES string of the molecule is CN(Cc1ccccc1N1CCOCC1)C(=O)c1n[nH]c2c1CNCC2.Cl.Cl. The summed E-state index contributed by atoms with van der Waals surface area (Å²) in [6.45, 7) is 5.43. The zero-order valence-corrected chi connectivity index (χ0v) is 17.6. The molecule has 1 saturated heterocycles. The molecule has 2 aliphatic heterocycles. The molecule has 1 aromatic carbocycles. The number of H-pyrrole nitrogens is 1. The predicted molar refractivity (Wildman–Crippen MR) is 114 cm³/mol. The van der Waals surface area contributed by atoms with Gasteiger partial charge in [-0.1, -0.05) is 18.2 Å². The van der Waals surface area contributed by atoms with Crippen molar-refractivity contribution in [2.24, 2.45) is 0 Å². The van der Waals surface area contributed by atoms with Gasteiger partial charge < -0.3 is 19.9 Å². The van der Waals surface area contributed by atoms with Gasteiger partial charge in [0, 0.05) is 63.1 Å². The third-order valence-electron chi connectivity index (χ3n) is 5.11. The smallest absolute Gasteiger partial charge is 0.274 e. The van der Waals surface area contributed by atoms with Gasteiger partial charge in [-0.15, -0.1) is 24.8 Å². The number of aromatic amines is 1. The number of amides is 1. The summed E-state index contributed by atoms with van der Waals surface area (Å²) in [5.74, 6) is -0.0389. The van der Waals surface area contributed by atoms with Crippen molar-refractivity contribution in [2.45, 2.75) is 19.5 Å². The quantitative estimate of drug-likeness (QED) is 0.780. The van der Waals surface area contributed by atoms with Crippen molar-refractivity contribution in [1.82, 2.24) is 20.4 Å². The van der Waals surface area contributed by atoms with Crippen LogP contribution < -0.4 is 10.2 Å². The van der Waals surface area contributed by atoms with E-state index < -0.39 is 0 Å². The van der Waals surface area contributed by atoms with E-state index in [0.29, 0.717) is 18.8 Å². The standard InChI is InChI=1S/C19H25N5O2.2ClH/c1-23(19(25)18-15-12-20-7-6-16(15)21-22-18)13-14-4-2-3-5-17(14)24-8-10-26-11-9-24;;/h2-5,20H,6-13H2,1H3,(H,21,22);2*1H. The molecule has 154 valence electrons. The number of morpholine rings is 1. The molecule has 2 aliphatic rings. The number of fused-ring (bicyclic) bond motifs is 1. The molecule has 0 unspecified atom stereocenters. The second-order valence-corrected chi connectivity index (χ2v) is 6.85. The van der Waals surface area contributed by atoms with Crippen molar-refractivity contribution in [1.29, 1.82) is 0 Å². The topological polar surface area (TPSA) is 73.5 Å². The number of benzene rings is 1. The van der Waals surface area contributed by atoms with Crippen LogP contribution in [0.2, 0.25) is 0 Å². The molecule has 1 amide bonds. The molecule has 0 bridgehead atoms. The number of nitrogens with zero attached hydrogens (tertiary/aromatic N) is 3. The Balaban J connectivity index is 0.00000140. The maximum absolute atomic E-state index is 13.0. The van der Waals surface area contributed by atoms with Crippen LogP contribution in [0.4, 0.5) is 5.69 Å². The Labute approximate surface area is 177 Å². The number of ether oxygens (including phenoxy) is 1. The average Bonchev–Trinajstić information content (AvgIpc) is 3.12. The fourth-order valence-corrected chi connectivity index (χ4v) is 3.67. The number of anilines is 1. The van der Waals surface area contributed by atoms with Crippen molar-refractivity contribution in [3.8, 4) is 0 Å². The number of aromatic nitrogens is 2. The van der Waals surface area contributed by atoms with Crippen LogP contribution in [-0.4, -0.2) is 60.9 Å². The van der Waals surface area contributed by atoms with E-state index in [-0.39, 0.29) is 30.7 Å². The van der Waals surface area contributed by atoms with E-state index in [1.807, 2.05) is 19.2 Å². The van der Waals surface area contributed by atoms with Crippen LogP contribution in [-0.2, 0) is 24.2 Å². The lowest BCUT2D eigenvalue weighted by Crippen LogP contribution is -2.37. The lowest BCUT2D eigenvalue weighted by molar-refractivity contribution is 0.0777. The summed E-state index contributed by atoms with van der Waals surface area (Å²) in [5, 5.41) is 10.6. The third-order valence-corrected chi connectivity index (χ3v) is 5.11. The van der Waals surface area contributed by atoms with Gasteiger partial charge in [0.1, 0.15) is 0 Å². The Morgan fingerprint density at radius 1 is 1.25 bits per heavy atom. The van der Waals surface area contributed by atoms with Crippen LogP contribution >= 0.6 is 24.8 Å². The largest absolute Gasteiger partial charge is 0.378 e. The summed E-state index contributed by atoms with van der Waals surface area (Å²) < 4.78 is 5.46. The number of carbonyl (C=O) groups excluding carboxylic acids is 1. The van der Waals surface area contributed by atoms with E-state index >= 15 is 0 Å². The van der Waals surface area contributed by atoms with Crippen LogP contribution in [0.25, 0.3) is 0 Å². The van der Waals surface area contributed by atoms with Gasteiger partial charge in [-0.2, -0.15) is 5.10 Å². The summed E-state index contributed by atoms with van der Waals surface area (Å²) in [6.07, 6.45) is 0.888. The van der Waals surface area contributed by atoms with Crippen LogP contribution in [0.5, 0.6) is 0 Å². The third kappa shape index (κ3) is 4.60. The number of rotatable bonds is 4. The molecule has 0 atom stereocenters. The van der Waals surface area contributed by atoms with Crippen molar-refractivity contribution >= 4 is 36.4 Å². The van der Waals surface area contributed by atoms with Crippen molar-refractivity contribution < 1.29 is 9.53 Å². The predicted octanol–water partition coefficient (Wildman–Crippen LogP) is 2.01. The molecule has 0 saturated carbocycles. The van der Waals surface area contributed by atoms with E-state index in [1.165, 1.54) is 5.69 Å². The summed E-state index contributed by atoms with van der Waals surface area (Å²) in [5.41, 5.74) is 4.95. The number of hydrogen-bond donors (Lipinski definition) is 2. The Bertz CT molecular complexity index is 792. The Morgan fingerprint density at radius 2 is 2.00 bits per heavy atom. The molecule has 0 aliphatic carbocycles. The van der Waals surface area contributed by atoms with Crippen molar-refractivity contribution in [3.63, 3.8) is 0 Å². The van der Waals surface area contributed by atoms with Gasteiger partial charge in [-0.05, 0) is 11.6 Å². The summed E-state index contributed by atoms with van der Waals surface area (Å²) in [6, 6.07) is 8.29. The Kier molecular flexibility index (Phi) is 8.12. The van der Waals surface area contributed by atoms with Crippen LogP contribution in [0.1, 0.15) is 27.3 Å². The normalized spacial score (nSPS) is 15.8. The second kappa shape index (κ2) is 10.1. The van der Waals surface area contributed by atoms with E-state index in [0.717, 1.165) is 56.1 Å². The molecule has 4 rings (SSSR count). The first-order chi connectivity index (χ1) is 12.7. The molecule has 3 heterocycles. The molecule has 1 fully saturated rings. The monoisotopic (exact) mass is 427 g/mol. The maximum Gasteiger partial charge on any atom is 0.274 e. The number of nitrogens with one attached hydrogen (secondary N) is 2. The first-order valence-electron chi connectivity index (χ1n) is 9.17. The van der Waals surface area contributed by atoms with Gasteiger partial charge in [0.05, 0.1) is 13.2 Å². The van der Waals surface area contributed by atoms with Crippen LogP contribution in [0.15, 0.2) is 24.3 Å². The molecule has 2 aromatic rings. The van der Waals surface area contributed by atoms with E-state index in [9.17, 15) is 4.79 Å². The first-order valence-corrected chi connectivity index (χ1v) is 9.17. The molecule has 28 heavy (non-hydrogen) atoms. The highest BCUT2D eigenvalue weighted by molar-refractivity contribution is 5.94. The highest BCUT2D eigenvalue weighted by Gasteiger charge is 2.25. The lowest BCUT2D eigenvalue weighted by atomic mass is 10.1. The molecule has 9 heteroatoms. The summed E-state index contributed by atoms with van der Waals surface area (Å²) in [7, 11) is 1.84.